The maximum atomic E-state index is 11.9. The topological polar surface area (TPSA) is 72.8 Å². The molecular weight excluding hydrogens is 248 g/mol. The fourth-order valence-electron chi connectivity index (χ4n) is 2.23. The maximum Gasteiger partial charge on any atom is 0.309 e. The van der Waals surface area contributed by atoms with Crippen molar-refractivity contribution in [3.05, 3.63) is 11.8 Å². The van der Waals surface area contributed by atoms with E-state index in [1.165, 1.54) is 0 Å². The minimum Gasteiger partial charge on any atom is -0.498 e. The minimum atomic E-state index is -0.901. The molecule has 0 amide bonds. The van der Waals surface area contributed by atoms with E-state index in [-0.39, 0.29) is 6.61 Å². The molecule has 1 rings (SSSR count). The summed E-state index contributed by atoms with van der Waals surface area (Å²) in [5, 5.41) is 9.09. The highest BCUT2D eigenvalue weighted by Crippen LogP contribution is 2.31. The van der Waals surface area contributed by atoms with Crippen LogP contribution in [0.3, 0.4) is 0 Å². The van der Waals surface area contributed by atoms with E-state index in [1.807, 2.05) is 13.8 Å². The quantitative estimate of drug-likeness (QED) is 0.455. The molecule has 1 fully saturated rings. The minimum absolute atomic E-state index is 0.158. The summed E-state index contributed by atoms with van der Waals surface area (Å²) in [5.41, 5.74) is 1.03. The first kappa shape index (κ1) is 15.5. The molecule has 0 aliphatic heterocycles. The van der Waals surface area contributed by atoms with Crippen LogP contribution in [-0.2, 0) is 19.1 Å². The predicted octanol–water partition coefficient (Wildman–Crippen LogP) is 2.36. The normalized spacial score (nSPS) is 22.4. The average molecular weight is 270 g/mol. The van der Waals surface area contributed by atoms with Gasteiger partial charge in [0.15, 0.2) is 0 Å². The summed E-state index contributed by atoms with van der Waals surface area (Å²) in [6, 6.07) is 0. The molecule has 1 saturated carbocycles. The van der Waals surface area contributed by atoms with Crippen molar-refractivity contribution in [2.45, 2.75) is 39.5 Å². The summed E-state index contributed by atoms with van der Waals surface area (Å²) in [5.74, 6) is -2.41. The Hall–Kier alpha value is -1.52. The Labute approximate surface area is 113 Å². The molecule has 1 aliphatic carbocycles. The molecule has 1 N–H and O–H groups in total. The monoisotopic (exact) mass is 270 g/mol. The van der Waals surface area contributed by atoms with Crippen LogP contribution in [0.2, 0.25) is 0 Å². The fourth-order valence-corrected chi connectivity index (χ4v) is 2.23. The van der Waals surface area contributed by atoms with Crippen molar-refractivity contribution >= 4 is 11.9 Å². The SMILES string of the molecule is CC(C)=COCCOC(=O)C1CCCCC1C(=O)O. The van der Waals surface area contributed by atoms with Gasteiger partial charge >= 0.3 is 11.9 Å². The number of ether oxygens (including phenoxy) is 2. The van der Waals surface area contributed by atoms with Crippen LogP contribution in [0.5, 0.6) is 0 Å². The summed E-state index contributed by atoms with van der Waals surface area (Å²) >= 11 is 0. The number of rotatable bonds is 6. The van der Waals surface area contributed by atoms with Gasteiger partial charge in [0.2, 0.25) is 0 Å². The summed E-state index contributed by atoms with van der Waals surface area (Å²) in [6.07, 6.45) is 4.52. The number of aliphatic carboxylic acids is 1. The second kappa shape index (κ2) is 7.81. The molecule has 0 bridgehead atoms. The van der Waals surface area contributed by atoms with Gasteiger partial charge in [0.1, 0.15) is 13.2 Å². The van der Waals surface area contributed by atoms with Gasteiger partial charge in [-0.05, 0) is 32.3 Å². The van der Waals surface area contributed by atoms with Crippen LogP contribution in [0.4, 0.5) is 0 Å². The lowest BCUT2D eigenvalue weighted by Crippen LogP contribution is -2.34. The van der Waals surface area contributed by atoms with Crippen LogP contribution < -0.4 is 0 Å². The largest absolute Gasteiger partial charge is 0.498 e. The molecule has 0 radical (unpaired) electrons. The van der Waals surface area contributed by atoms with Crippen molar-refractivity contribution in [1.82, 2.24) is 0 Å². The third kappa shape index (κ3) is 5.32. The van der Waals surface area contributed by atoms with Gasteiger partial charge in [-0.2, -0.15) is 0 Å². The Morgan fingerprint density at radius 1 is 1.16 bits per heavy atom. The smallest absolute Gasteiger partial charge is 0.309 e. The highest BCUT2D eigenvalue weighted by Gasteiger charge is 2.36. The molecule has 1 aliphatic rings. The lowest BCUT2D eigenvalue weighted by atomic mass is 9.79. The Kier molecular flexibility index (Phi) is 6.39. The van der Waals surface area contributed by atoms with Crippen molar-refractivity contribution in [2.75, 3.05) is 13.2 Å². The van der Waals surface area contributed by atoms with Gasteiger partial charge < -0.3 is 14.6 Å². The zero-order chi connectivity index (χ0) is 14.3. The average Bonchev–Trinajstić information content (AvgIpc) is 2.37. The number of carboxylic acid groups (broad SMARTS) is 1. The van der Waals surface area contributed by atoms with Crippen LogP contribution in [0.1, 0.15) is 39.5 Å². The molecule has 0 saturated heterocycles. The van der Waals surface area contributed by atoms with Crippen molar-refractivity contribution < 1.29 is 24.2 Å². The zero-order valence-electron chi connectivity index (χ0n) is 11.6. The second-order valence-electron chi connectivity index (χ2n) is 5.07. The molecular formula is C14H22O5. The van der Waals surface area contributed by atoms with Crippen molar-refractivity contribution in [3.8, 4) is 0 Å². The Morgan fingerprint density at radius 2 is 1.79 bits per heavy atom. The Balaban J connectivity index is 2.35. The highest BCUT2D eigenvalue weighted by molar-refractivity contribution is 5.81. The van der Waals surface area contributed by atoms with Gasteiger partial charge in [-0.1, -0.05) is 12.8 Å². The van der Waals surface area contributed by atoms with Crippen molar-refractivity contribution in [3.63, 3.8) is 0 Å². The molecule has 108 valence electrons. The predicted molar refractivity (Wildman–Crippen MR) is 69.4 cm³/mol. The lowest BCUT2D eigenvalue weighted by molar-refractivity contribution is -0.160. The molecule has 0 aromatic heterocycles. The third-order valence-corrected chi connectivity index (χ3v) is 3.15. The van der Waals surface area contributed by atoms with Gasteiger partial charge in [0.25, 0.3) is 0 Å². The molecule has 2 unspecified atom stereocenters. The molecule has 19 heavy (non-hydrogen) atoms. The summed E-state index contributed by atoms with van der Waals surface area (Å²) in [7, 11) is 0. The number of esters is 1. The van der Waals surface area contributed by atoms with Crippen molar-refractivity contribution in [1.29, 1.82) is 0 Å². The first-order valence-electron chi connectivity index (χ1n) is 6.66. The summed E-state index contributed by atoms with van der Waals surface area (Å²) in [6.45, 7) is 4.27. The van der Waals surface area contributed by atoms with Crippen molar-refractivity contribution in [2.24, 2.45) is 11.8 Å². The van der Waals surface area contributed by atoms with Crippen LogP contribution >= 0.6 is 0 Å². The standard InChI is InChI=1S/C14H22O5/c1-10(2)9-18-7-8-19-14(17)12-6-4-3-5-11(12)13(15)16/h9,11-12H,3-8H2,1-2H3,(H,15,16). The third-order valence-electron chi connectivity index (χ3n) is 3.15. The molecule has 5 nitrogen and oxygen atoms in total. The van der Waals surface area contributed by atoms with Crippen LogP contribution in [0, 0.1) is 11.8 Å². The van der Waals surface area contributed by atoms with E-state index < -0.39 is 23.8 Å². The maximum absolute atomic E-state index is 11.9. The van der Waals surface area contributed by atoms with Gasteiger partial charge in [-0.15, -0.1) is 0 Å². The fraction of sp³-hybridized carbons (Fsp3) is 0.714. The van der Waals surface area contributed by atoms with E-state index in [1.54, 1.807) is 6.26 Å². The Morgan fingerprint density at radius 3 is 2.37 bits per heavy atom. The molecule has 2 atom stereocenters. The summed E-state index contributed by atoms with van der Waals surface area (Å²) in [4.78, 5) is 22.9. The van der Waals surface area contributed by atoms with E-state index in [0.29, 0.717) is 19.4 Å². The van der Waals surface area contributed by atoms with E-state index >= 15 is 0 Å². The van der Waals surface area contributed by atoms with E-state index in [4.69, 9.17) is 14.6 Å². The first-order valence-corrected chi connectivity index (χ1v) is 6.66. The lowest BCUT2D eigenvalue weighted by Gasteiger charge is -2.26. The number of carbonyl (C=O) groups is 2. The number of hydrogen-bond acceptors (Lipinski definition) is 4. The van der Waals surface area contributed by atoms with Gasteiger partial charge in [0, 0.05) is 0 Å². The van der Waals surface area contributed by atoms with E-state index in [0.717, 1.165) is 18.4 Å². The molecule has 5 heteroatoms. The van der Waals surface area contributed by atoms with Gasteiger partial charge in [-0.25, -0.2) is 0 Å². The Bertz CT molecular complexity index is 344. The van der Waals surface area contributed by atoms with Crippen LogP contribution in [0.15, 0.2) is 11.8 Å². The summed E-state index contributed by atoms with van der Waals surface area (Å²) < 4.78 is 10.2. The number of hydrogen-bond donors (Lipinski definition) is 1. The molecule has 0 heterocycles. The van der Waals surface area contributed by atoms with Gasteiger partial charge in [0.05, 0.1) is 18.1 Å². The van der Waals surface area contributed by atoms with Crippen LogP contribution in [0.25, 0.3) is 0 Å². The molecule has 0 aromatic carbocycles. The highest BCUT2D eigenvalue weighted by atomic mass is 16.6. The van der Waals surface area contributed by atoms with E-state index in [9.17, 15) is 9.59 Å². The number of allylic oxidation sites excluding steroid dienone is 1. The van der Waals surface area contributed by atoms with Gasteiger partial charge in [-0.3, -0.25) is 9.59 Å². The second-order valence-corrected chi connectivity index (χ2v) is 5.07. The van der Waals surface area contributed by atoms with Crippen LogP contribution in [-0.4, -0.2) is 30.3 Å². The number of carbonyl (C=O) groups excluding carboxylic acids is 1. The molecule has 0 aromatic rings. The number of carboxylic acids is 1. The first-order chi connectivity index (χ1) is 9.02. The zero-order valence-corrected chi connectivity index (χ0v) is 11.6. The van der Waals surface area contributed by atoms with E-state index in [2.05, 4.69) is 0 Å². The molecule has 0 spiro atoms.